The summed E-state index contributed by atoms with van der Waals surface area (Å²) in [5.74, 6) is 2.08. The third-order valence-corrected chi connectivity index (χ3v) is 3.27. The van der Waals surface area contributed by atoms with Gasteiger partial charge in [-0.2, -0.15) is 11.8 Å². The van der Waals surface area contributed by atoms with Gasteiger partial charge in [-0.15, -0.1) is 0 Å². The molecular formula is C13H19NO2S. The minimum Gasteiger partial charge on any atom is -0.445 e. The molecule has 0 fully saturated rings. The van der Waals surface area contributed by atoms with Crippen LogP contribution in [-0.2, 0) is 11.3 Å². The van der Waals surface area contributed by atoms with Gasteiger partial charge in [-0.05, 0) is 17.7 Å². The number of ether oxygens (including phenoxy) is 1. The number of nitrogens with one attached hydrogen (secondary N) is 1. The lowest BCUT2D eigenvalue weighted by Gasteiger charge is -2.06. The summed E-state index contributed by atoms with van der Waals surface area (Å²) in [6, 6.07) is 9.67. The van der Waals surface area contributed by atoms with Crippen molar-refractivity contribution in [2.75, 3.05) is 18.1 Å². The molecule has 0 aliphatic heterocycles. The van der Waals surface area contributed by atoms with Crippen molar-refractivity contribution in [3.05, 3.63) is 35.9 Å². The second-order valence-corrected chi connectivity index (χ2v) is 4.83. The lowest BCUT2D eigenvalue weighted by Crippen LogP contribution is -2.26. The van der Waals surface area contributed by atoms with Gasteiger partial charge in [0.1, 0.15) is 6.61 Å². The predicted molar refractivity (Wildman–Crippen MR) is 72.2 cm³/mol. The highest BCUT2D eigenvalue weighted by atomic mass is 32.2. The lowest BCUT2D eigenvalue weighted by molar-refractivity contribution is 0.140. The lowest BCUT2D eigenvalue weighted by atomic mass is 10.2. The minimum atomic E-state index is -0.342. The monoisotopic (exact) mass is 253 g/mol. The van der Waals surface area contributed by atoms with Crippen LogP contribution >= 0.6 is 11.8 Å². The van der Waals surface area contributed by atoms with Crippen LogP contribution in [-0.4, -0.2) is 24.1 Å². The van der Waals surface area contributed by atoms with Crippen LogP contribution < -0.4 is 5.32 Å². The first-order valence-electron chi connectivity index (χ1n) is 5.85. The Bertz CT molecular complexity index is 316. The molecule has 1 amide bonds. The van der Waals surface area contributed by atoms with Crippen LogP contribution in [0.2, 0.25) is 0 Å². The van der Waals surface area contributed by atoms with Gasteiger partial charge in [0.2, 0.25) is 0 Å². The fourth-order valence-electron chi connectivity index (χ4n) is 1.25. The molecule has 0 unspecified atom stereocenters. The molecular weight excluding hydrogens is 234 g/mol. The van der Waals surface area contributed by atoms with E-state index < -0.39 is 0 Å². The van der Waals surface area contributed by atoms with E-state index >= 15 is 0 Å². The molecule has 0 atom stereocenters. The molecule has 0 saturated heterocycles. The van der Waals surface area contributed by atoms with Crippen molar-refractivity contribution in [2.45, 2.75) is 20.0 Å². The van der Waals surface area contributed by atoms with E-state index in [-0.39, 0.29) is 6.09 Å². The number of amides is 1. The van der Waals surface area contributed by atoms with E-state index in [0.717, 1.165) is 17.1 Å². The molecule has 1 N–H and O–H groups in total. The summed E-state index contributed by atoms with van der Waals surface area (Å²) in [6.07, 6.45) is 0.828. The van der Waals surface area contributed by atoms with E-state index in [1.54, 1.807) is 0 Å². The van der Waals surface area contributed by atoms with Crippen molar-refractivity contribution in [1.29, 1.82) is 0 Å². The Labute approximate surface area is 107 Å². The highest BCUT2D eigenvalue weighted by molar-refractivity contribution is 7.99. The molecule has 0 aliphatic rings. The van der Waals surface area contributed by atoms with E-state index in [1.165, 1.54) is 6.42 Å². The van der Waals surface area contributed by atoms with Crippen molar-refractivity contribution < 1.29 is 9.53 Å². The fourth-order valence-corrected chi connectivity index (χ4v) is 1.99. The highest BCUT2D eigenvalue weighted by Gasteiger charge is 2.01. The summed E-state index contributed by atoms with van der Waals surface area (Å²) in [5, 5.41) is 2.73. The zero-order valence-corrected chi connectivity index (χ0v) is 11.0. The first-order valence-corrected chi connectivity index (χ1v) is 7.00. The molecule has 17 heavy (non-hydrogen) atoms. The number of carbonyl (C=O) groups is 1. The largest absolute Gasteiger partial charge is 0.445 e. The van der Waals surface area contributed by atoms with Crippen molar-refractivity contribution in [3.8, 4) is 0 Å². The Balaban J connectivity index is 2.05. The van der Waals surface area contributed by atoms with E-state index in [9.17, 15) is 4.79 Å². The average Bonchev–Trinajstić information content (AvgIpc) is 2.37. The summed E-state index contributed by atoms with van der Waals surface area (Å²) in [4.78, 5) is 11.3. The van der Waals surface area contributed by atoms with Crippen molar-refractivity contribution >= 4 is 17.9 Å². The number of carbonyl (C=O) groups excluding carboxylic acids is 1. The molecule has 1 rings (SSSR count). The molecule has 0 radical (unpaired) electrons. The Morgan fingerprint density at radius 3 is 2.76 bits per heavy atom. The smallest absolute Gasteiger partial charge is 0.407 e. The summed E-state index contributed by atoms with van der Waals surface area (Å²) >= 11 is 1.84. The second kappa shape index (κ2) is 8.93. The molecule has 3 nitrogen and oxygen atoms in total. The summed E-state index contributed by atoms with van der Waals surface area (Å²) in [5.41, 5.74) is 1.00. The summed E-state index contributed by atoms with van der Waals surface area (Å²) < 4.78 is 5.08. The van der Waals surface area contributed by atoms with Crippen LogP contribution in [0.15, 0.2) is 30.3 Å². The van der Waals surface area contributed by atoms with Crippen molar-refractivity contribution in [2.24, 2.45) is 0 Å². The number of benzene rings is 1. The molecule has 1 aromatic carbocycles. The zero-order chi connectivity index (χ0) is 12.3. The van der Waals surface area contributed by atoms with Gasteiger partial charge < -0.3 is 10.1 Å². The molecule has 0 aliphatic carbocycles. The molecule has 0 saturated carbocycles. The van der Waals surface area contributed by atoms with E-state index in [4.69, 9.17) is 4.74 Å². The third kappa shape index (κ3) is 6.89. The molecule has 4 heteroatoms. The van der Waals surface area contributed by atoms with Gasteiger partial charge in [0, 0.05) is 12.3 Å². The second-order valence-electron chi connectivity index (χ2n) is 3.60. The van der Waals surface area contributed by atoms with Crippen LogP contribution in [0.3, 0.4) is 0 Å². The van der Waals surface area contributed by atoms with Gasteiger partial charge in [-0.1, -0.05) is 37.3 Å². The topological polar surface area (TPSA) is 38.3 Å². The van der Waals surface area contributed by atoms with Gasteiger partial charge in [0.05, 0.1) is 0 Å². The Hall–Kier alpha value is -1.16. The highest BCUT2D eigenvalue weighted by Crippen LogP contribution is 2.01. The van der Waals surface area contributed by atoms with Crippen LogP contribution in [0.5, 0.6) is 0 Å². The standard InChI is InChI=1S/C13H19NO2S/c1-2-9-17-10-8-14-13(15)16-11-12-6-4-3-5-7-12/h3-7H,2,8-11H2,1H3,(H,14,15). The van der Waals surface area contributed by atoms with Crippen LogP contribution in [0.4, 0.5) is 4.79 Å². The number of hydrogen-bond donors (Lipinski definition) is 1. The molecule has 0 spiro atoms. The predicted octanol–water partition coefficient (Wildman–Crippen LogP) is 3.06. The maximum Gasteiger partial charge on any atom is 0.407 e. The van der Waals surface area contributed by atoms with Crippen molar-refractivity contribution in [1.82, 2.24) is 5.32 Å². The SMILES string of the molecule is CCCSCCNC(=O)OCc1ccccc1. The van der Waals surface area contributed by atoms with Crippen LogP contribution in [0.1, 0.15) is 18.9 Å². The van der Waals surface area contributed by atoms with Gasteiger partial charge >= 0.3 is 6.09 Å². The molecule has 0 aromatic heterocycles. The number of alkyl carbamates (subject to hydrolysis) is 1. The minimum absolute atomic E-state index is 0.328. The molecule has 0 heterocycles. The molecule has 94 valence electrons. The van der Waals surface area contributed by atoms with Gasteiger partial charge in [0.15, 0.2) is 0 Å². The molecule has 1 aromatic rings. The maximum absolute atomic E-state index is 11.3. The number of rotatable bonds is 7. The Morgan fingerprint density at radius 2 is 2.06 bits per heavy atom. The fraction of sp³-hybridized carbons (Fsp3) is 0.462. The summed E-state index contributed by atoms with van der Waals surface area (Å²) in [6.45, 7) is 3.14. The molecule has 0 bridgehead atoms. The van der Waals surface area contributed by atoms with Gasteiger partial charge in [0.25, 0.3) is 0 Å². The average molecular weight is 253 g/mol. The number of hydrogen-bond acceptors (Lipinski definition) is 3. The van der Waals surface area contributed by atoms with E-state index in [2.05, 4.69) is 12.2 Å². The van der Waals surface area contributed by atoms with E-state index in [1.807, 2.05) is 42.1 Å². The van der Waals surface area contributed by atoms with Crippen LogP contribution in [0, 0.1) is 0 Å². The van der Waals surface area contributed by atoms with E-state index in [0.29, 0.717) is 13.2 Å². The first kappa shape index (κ1) is 13.9. The third-order valence-electron chi connectivity index (χ3n) is 2.08. The Morgan fingerprint density at radius 1 is 1.29 bits per heavy atom. The zero-order valence-electron chi connectivity index (χ0n) is 10.1. The van der Waals surface area contributed by atoms with Gasteiger partial charge in [-0.3, -0.25) is 0 Å². The van der Waals surface area contributed by atoms with Crippen LogP contribution in [0.25, 0.3) is 0 Å². The number of thioether (sulfide) groups is 1. The normalized spacial score (nSPS) is 9.94. The Kier molecular flexibility index (Phi) is 7.30. The van der Waals surface area contributed by atoms with Crippen molar-refractivity contribution in [3.63, 3.8) is 0 Å². The summed E-state index contributed by atoms with van der Waals surface area (Å²) in [7, 11) is 0. The first-order chi connectivity index (χ1) is 8.33. The maximum atomic E-state index is 11.3. The van der Waals surface area contributed by atoms with Gasteiger partial charge in [-0.25, -0.2) is 4.79 Å². The quantitative estimate of drug-likeness (QED) is 0.759.